The van der Waals surface area contributed by atoms with Gasteiger partial charge < -0.3 is 0 Å². The highest BCUT2D eigenvalue weighted by Crippen LogP contribution is 2.29. The fraction of sp³-hybridized carbons (Fsp3) is 0. The van der Waals surface area contributed by atoms with Crippen LogP contribution in [0.4, 0.5) is 4.39 Å². The molecule has 0 saturated heterocycles. The van der Waals surface area contributed by atoms with Gasteiger partial charge in [-0.15, -0.1) is 0 Å². The molecule has 17 heavy (non-hydrogen) atoms. The van der Waals surface area contributed by atoms with Crippen molar-refractivity contribution in [2.24, 2.45) is 0 Å². The minimum absolute atomic E-state index is 0.0606. The van der Waals surface area contributed by atoms with Gasteiger partial charge >= 0.3 is 0 Å². The van der Waals surface area contributed by atoms with Crippen molar-refractivity contribution in [2.45, 2.75) is 9.79 Å². The lowest BCUT2D eigenvalue weighted by Crippen LogP contribution is -1.83. The monoisotopic (exact) mass is 263 g/mol. The summed E-state index contributed by atoms with van der Waals surface area (Å²) in [5.74, 6) is -0.494. The fourth-order valence-electron chi connectivity index (χ4n) is 1.29. The van der Waals surface area contributed by atoms with Crippen LogP contribution in [-0.4, -0.2) is 0 Å². The summed E-state index contributed by atoms with van der Waals surface area (Å²) >= 11 is 7.20. The second kappa shape index (κ2) is 5.22. The van der Waals surface area contributed by atoms with Gasteiger partial charge in [0.1, 0.15) is 11.9 Å². The molecule has 0 amide bonds. The molecule has 0 aliphatic heterocycles. The van der Waals surface area contributed by atoms with E-state index in [1.54, 1.807) is 24.3 Å². The molecule has 0 bridgehead atoms. The molecule has 0 saturated carbocycles. The number of halogens is 2. The van der Waals surface area contributed by atoms with Gasteiger partial charge in [0, 0.05) is 14.8 Å². The highest BCUT2D eigenvalue weighted by Gasteiger charge is 2.04. The molecule has 4 heteroatoms. The first-order chi connectivity index (χ1) is 8.19. The molecule has 0 radical (unpaired) electrons. The van der Waals surface area contributed by atoms with E-state index >= 15 is 0 Å². The summed E-state index contributed by atoms with van der Waals surface area (Å²) in [5, 5.41) is 9.29. The average Bonchev–Trinajstić information content (AvgIpc) is 2.32. The van der Waals surface area contributed by atoms with Gasteiger partial charge in [0.25, 0.3) is 0 Å². The molecule has 84 valence electrons. The molecule has 0 aromatic heterocycles. The van der Waals surface area contributed by atoms with Gasteiger partial charge in [0.05, 0.1) is 5.56 Å². The van der Waals surface area contributed by atoms with Gasteiger partial charge in [-0.25, -0.2) is 4.39 Å². The maximum Gasteiger partial charge on any atom is 0.142 e. The second-order valence-electron chi connectivity index (χ2n) is 3.31. The molecule has 2 aromatic carbocycles. The third-order valence-corrected chi connectivity index (χ3v) is 3.36. The smallest absolute Gasteiger partial charge is 0.142 e. The lowest BCUT2D eigenvalue weighted by Gasteiger charge is -2.02. The summed E-state index contributed by atoms with van der Waals surface area (Å²) in [6.45, 7) is 0. The Bertz CT molecular complexity index is 575. The maximum absolute atomic E-state index is 13.4. The molecule has 0 aliphatic rings. The molecule has 0 unspecified atom stereocenters. The van der Waals surface area contributed by atoms with E-state index in [0.29, 0.717) is 5.02 Å². The Balaban J connectivity index is 2.22. The molecule has 2 rings (SSSR count). The standard InChI is InChI=1S/C13H7ClFNS/c14-10-2-5-11(6-3-10)17-12-4-1-9(8-16)13(15)7-12/h1-7H. The zero-order chi connectivity index (χ0) is 12.3. The van der Waals surface area contributed by atoms with Crippen LogP contribution in [0.15, 0.2) is 52.3 Å². The summed E-state index contributed by atoms with van der Waals surface area (Å²) in [7, 11) is 0. The average molecular weight is 264 g/mol. The first-order valence-electron chi connectivity index (χ1n) is 4.82. The molecule has 0 atom stereocenters. The number of hydrogen-bond donors (Lipinski definition) is 0. The topological polar surface area (TPSA) is 23.8 Å². The van der Waals surface area contributed by atoms with E-state index in [0.717, 1.165) is 9.79 Å². The minimum atomic E-state index is -0.494. The van der Waals surface area contributed by atoms with Crippen LogP contribution in [0.5, 0.6) is 0 Å². The van der Waals surface area contributed by atoms with Crippen molar-refractivity contribution in [1.82, 2.24) is 0 Å². The van der Waals surface area contributed by atoms with Crippen LogP contribution in [0.2, 0.25) is 5.02 Å². The zero-order valence-corrected chi connectivity index (χ0v) is 10.2. The van der Waals surface area contributed by atoms with Crippen LogP contribution in [0.1, 0.15) is 5.56 Å². The highest BCUT2D eigenvalue weighted by molar-refractivity contribution is 7.99. The van der Waals surface area contributed by atoms with Gasteiger partial charge in [0.2, 0.25) is 0 Å². The summed E-state index contributed by atoms with van der Waals surface area (Å²) in [6, 6.07) is 13.6. The third-order valence-electron chi connectivity index (χ3n) is 2.11. The maximum atomic E-state index is 13.4. The molecule has 0 aliphatic carbocycles. The summed E-state index contributed by atoms with van der Waals surface area (Å²) < 4.78 is 13.4. The van der Waals surface area contributed by atoms with Gasteiger partial charge in [-0.1, -0.05) is 23.4 Å². The summed E-state index contributed by atoms with van der Waals surface area (Å²) in [4.78, 5) is 1.72. The Morgan fingerprint density at radius 1 is 1.06 bits per heavy atom. The number of nitrogens with zero attached hydrogens (tertiary/aromatic N) is 1. The lowest BCUT2D eigenvalue weighted by atomic mass is 10.2. The molecule has 0 fully saturated rings. The van der Waals surface area contributed by atoms with Crippen molar-refractivity contribution in [1.29, 1.82) is 5.26 Å². The summed E-state index contributed by atoms with van der Waals surface area (Å²) in [5.41, 5.74) is 0.0606. The van der Waals surface area contributed by atoms with Gasteiger partial charge in [-0.05, 0) is 42.5 Å². The van der Waals surface area contributed by atoms with Crippen molar-refractivity contribution < 1.29 is 4.39 Å². The molecular weight excluding hydrogens is 257 g/mol. The van der Waals surface area contributed by atoms with E-state index in [1.165, 1.54) is 23.9 Å². The first kappa shape index (κ1) is 12.0. The second-order valence-corrected chi connectivity index (χ2v) is 4.89. The van der Waals surface area contributed by atoms with E-state index in [9.17, 15) is 4.39 Å². The van der Waals surface area contributed by atoms with E-state index in [4.69, 9.17) is 16.9 Å². The number of hydrogen-bond acceptors (Lipinski definition) is 2. The summed E-state index contributed by atoms with van der Waals surface area (Å²) in [6.07, 6.45) is 0. The van der Waals surface area contributed by atoms with Crippen molar-refractivity contribution in [3.8, 4) is 6.07 Å². The Labute approximate surface area is 108 Å². The molecule has 0 heterocycles. The van der Waals surface area contributed by atoms with Crippen LogP contribution in [0.3, 0.4) is 0 Å². The number of benzene rings is 2. The normalized spacial score (nSPS) is 9.94. The van der Waals surface area contributed by atoms with Crippen molar-refractivity contribution in [3.05, 3.63) is 58.9 Å². The van der Waals surface area contributed by atoms with E-state index < -0.39 is 5.82 Å². The highest BCUT2D eigenvalue weighted by atomic mass is 35.5. The Morgan fingerprint density at radius 2 is 1.71 bits per heavy atom. The van der Waals surface area contributed by atoms with E-state index in [2.05, 4.69) is 0 Å². The van der Waals surface area contributed by atoms with Gasteiger partial charge in [-0.2, -0.15) is 5.26 Å². The quantitative estimate of drug-likeness (QED) is 0.796. The fourth-order valence-corrected chi connectivity index (χ4v) is 2.26. The van der Waals surface area contributed by atoms with Crippen molar-refractivity contribution in [2.75, 3.05) is 0 Å². The Hall–Kier alpha value is -1.50. The SMILES string of the molecule is N#Cc1ccc(Sc2ccc(Cl)cc2)cc1F. The number of rotatable bonds is 2. The zero-order valence-electron chi connectivity index (χ0n) is 8.65. The molecule has 1 nitrogen and oxygen atoms in total. The largest absolute Gasteiger partial charge is 0.206 e. The molecule has 0 N–H and O–H groups in total. The van der Waals surface area contributed by atoms with Crippen molar-refractivity contribution in [3.63, 3.8) is 0 Å². The van der Waals surface area contributed by atoms with Crippen LogP contribution >= 0.6 is 23.4 Å². The van der Waals surface area contributed by atoms with E-state index in [1.807, 2.05) is 12.1 Å². The predicted octanol–water partition coefficient (Wildman–Crippen LogP) is 4.50. The van der Waals surface area contributed by atoms with Gasteiger partial charge in [0.15, 0.2) is 0 Å². The molecule has 2 aromatic rings. The van der Waals surface area contributed by atoms with Crippen LogP contribution < -0.4 is 0 Å². The third kappa shape index (κ3) is 3.00. The van der Waals surface area contributed by atoms with Crippen LogP contribution in [-0.2, 0) is 0 Å². The van der Waals surface area contributed by atoms with Crippen molar-refractivity contribution >= 4 is 23.4 Å². The molecular formula is C13H7ClFNS. The lowest BCUT2D eigenvalue weighted by molar-refractivity contribution is 0.620. The Kier molecular flexibility index (Phi) is 3.68. The minimum Gasteiger partial charge on any atom is -0.206 e. The van der Waals surface area contributed by atoms with Crippen LogP contribution in [0.25, 0.3) is 0 Å². The van der Waals surface area contributed by atoms with Gasteiger partial charge in [-0.3, -0.25) is 0 Å². The Morgan fingerprint density at radius 3 is 2.29 bits per heavy atom. The molecule has 0 spiro atoms. The van der Waals surface area contributed by atoms with E-state index in [-0.39, 0.29) is 5.56 Å². The predicted molar refractivity (Wildman–Crippen MR) is 66.7 cm³/mol. The number of nitriles is 1. The van der Waals surface area contributed by atoms with Crippen LogP contribution in [0, 0.1) is 17.1 Å². The first-order valence-corrected chi connectivity index (χ1v) is 6.01.